The maximum Gasteiger partial charge on any atom is 0.261 e. The molecule has 1 N–H and O–H groups in total. The predicted octanol–water partition coefficient (Wildman–Crippen LogP) is 4.50. The first-order valence-corrected chi connectivity index (χ1v) is 9.76. The molecule has 2 aromatic heterocycles. The van der Waals surface area contributed by atoms with Crippen LogP contribution in [0.25, 0.3) is 34.0 Å². The number of benzene rings is 2. The van der Waals surface area contributed by atoms with Crippen LogP contribution in [-0.4, -0.2) is 33.2 Å². The number of nitriles is 1. The summed E-state index contributed by atoms with van der Waals surface area (Å²) in [6.45, 7) is 2.10. The average Bonchev–Trinajstić information content (AvgIpc) is 3.49. The van der Waals surface area contributed by atoms with Gasteiger partial charge in [-0.1, -0.05) is 18.2 Å². The van der Waals surface area contributed by atoms with E-state index in [1.807, 2.05) is 24.3 Å². The summed E-state index contributed by atoms with van der Waals surface area (Å²) < 4.78 is 5.89. The van der Waals surface area contributed by atoms with Gasteiger partial charge in [-0.3, -0.25) is 14.5 Å². The monoisotopic (exact) mass is 408 g/mol. The third-order valence-electron chi connectivity index (χ3n) is 5.25. The summed E-state index contributed by atoms with van der Waals surface area (Å²) in [5.41, 5.74) is 3.41. The van der Waals surface area contributed by atoms with Crippen molar-refractivity contribution in [2.75, 3.05) is 6.54 Å². The highest BCUT2D eigenvalue weighted by molar-refractivity contribution is 6.21. The van der Waals surface area contributed by atoms with E-state index in [2.05, 4.69) is 16.0 Å². The molecule has 31 heavy (non-hydrogen) atoms. The number of nitrogens with one attached hydrogen (secondary N) is 1. The first-order valence-electron chi connectivity index (χ1n) is 9.76. The number of furan rings is 1. The lowest BCUT2D eigenvalue weighted by atomic mass is 10.0. The zero-order chi connectivity index (χ0) is 21.5. The first-order chi connectivity index (χ1) is 15.1. The molecule has 0 aliphatic carbocycles. The summed E-state index contributed by atoms with van der Waals surface area (Å²) in [4.78, 5) is 33.5. The van der Waals surface area contributed by atoms with Crippen molar-refractivity contribution in [3.05, 3.63) is 77.3 Å². The maximum absolute atomic E-state index is 12.5. The lowest BCUT2D eigenvalue weighted by Gasteiger charge is -2.08. The minimum Gasteiger partial charge on any atom is -0.457 e. The third-order valence-corrected chi connectivity index (χ3v) is 5.25. The van der Waals surface area contributed by atoms with Gasteiger partial charge < -0.3 is 9.40 Å². The fraction of sp³-hybridized carbons (Fsp3) is 0.0833. The van der Waals surface area contributed by atoms with Crippen LogP contribution in [0, 0.1) is 11.3 Å². The number of fused-ring (bicyclic) bond motifs is 2. The molecule has 0 spiro atoms. The lowest BCUT2D eigenvalue weighted by molar-refractivity contribution is 0.0663. The quantitative estimate of drug-likeness (QED) is 0.395. The van der Waals surface area contributed by atoms with Crippen LogP contribution < -0.4 is 0 Å². The van der Waals surface area contributed by atoms with Gasteiger partial charge in [0.1, 0.15) is 23.4 Å². The highest BCUT2D eigenvalue weighted by atomic mass is 16.3. The molecule has 1 aliphatic heterocycles. The molecule has 150 valence electrons. The Bertz CT molecular complexity index is 1400. The summed E-state index contributed by atoms with van der Waals surface area (Å²) in [5.74, 6) is 0.897. The van der Waals surface area contributed by atoms with E-state index >= 15 is 0 Å². The van der Waals surface area contributed by atoms with Crippen LogP contribution in [0.4, 0.5) is 0 Å². The molecule has 2 amide bonds. The summed E-state index contributed by atoms with van der Waals surface area (Å²) >= 11 is 0. The van der Waals surface area contributed by atoms with Crippen LogP contribution in [0.1, 0.15) is 39.2 Å². The molecule has 3 heterocycles. The number of imidazole rings is 1. The number of nitrogens with zero attached hydrogens (tertiary/aromatic N) is 3. The molecule has 0 radical (unpaired) electrons. The van der Waals surface area contributed by atoms with E-state index in [9.17, 15) is 14.9 Å². The SMILES string of the molecule is CCN1C(=O)c2ccc(-c3ccc(/C=C(/C#N)c4nc5ccccc5[nH]4)o3)cc2C1=O. The van der Waals surface area contributed by atoms with Gasteiger partial charge in [-0.2, -0.15) is 5.26 Å². The molecule has 2 aromatic carbocycles. The van der Waals surface area contributed by atoms with Crippen molar-refractivity contribution in [1.82, 2.24) is 14.9 Å². The Hall–Kier alpha value is -4.44. The van der Waals surface area contributed by atoms with Gasteiger partial charge in [0.15, 0.2) is 0 Å². The summed E-state index contributed by atoms with van der Waals surface area (Å²) in [6, 6.07) is 18.3. The Morgan fingerprint density at radius 3 is 2.71 bits per heavy atom. The van der Waals surface area contributed by atoms with E-state index in [4.69, 9.17) is 4.42 Å². The largest absolute Gasteiger partial charge is 0.457 e. The maximum atomic E-state index is 12.5. The standard InChI is InChI=1S/C24H16N4O3/c1-2-28-23(29)17-9-7-14(12-18(17)24(28)30)21-10-8-16(31-21)11-15(13-25)22-26-19-5-3-4-6-20(19)27-22/h3-12H,2H2,1H3,(H,26,27)/b15-11-. The summed E-state index contributed by atoms with van der Waals surface area (Å²) in [7, 11) is 0. The number of hydrogen-bond donors (Lipinski definition) is 1. The second kappa shape index (κ2) is 7.11. The topological polar surface area (TPSA) is 103 Å². The normalized spacial score (nSPS) is 13.7. The number of allylic oxidation sites excluding steroid dienone is 1. The van der Waals surface area contributed by atoms with Crippen molar-refractivity contribution in [3.8, 4) is 17.4 Å². The Morgan fingerprint density at radius 1 is 1.13 bits per heavy atom. The van der Waals surface area contributed by atoms with E-state index in [0.29, 0.717) is 46.2 Å². The second-order valence-electron chi connectivity index (χ2n) is 7.09. The van der Waals surface area contributed by atoms with Crippen molar-refractivity contribution in [1.29, 1.82) is 5.26 Å². The zero-order valence-corrected chi connectivity index (χ0v) is 16.5. The highest BCUT2D eigenvalue weighted by Gasteiger charge is 2.34. The van der Waals surface area contributed by atoms with Gasteiger partial charge in [0.25, 0.3) is 11.8 Å². The molecular formula is C24H16N4O3. The number of carbonyl (C=O) groups excluding carboxylic acids is 2. The minimum atomic E-state index is -0.298. The second-order valence-corrected chi connectivity index (χ2v) is 7.09. The highest BCUT2D eigenvalue weighted by Crippen LogP contribution is 2.30. The van der Waals surface area contributed by atoms with E-state index in [0.717, 1.165) is 11.0 Å². The van der Waals surface area contributed by atoms with Crippen LogP contribution in [0.3, 0.4) is 0 Å². The van der Waals surface area contributed by atoms with Gasteiger partial charge >= 0.3 is 0 Å². The van der Waals surface area contributed by atoms with Crippen LogP contribution in [0.5, 0.6) is 0 Å². The molecule has 7 nitrogen and oxygen atoms in total. The number of para-hydroxylation sites is 2. The van der Waals surface area contributed by atoms with Gasteiger partial charge in [-0.25, -0.2) is 4.98 Å². The Balaban J connectivity index is 1.48. The number of hydrogen-bond acceptors (Lipinski definition) is 5. The lowest BCUT2D eigenvalue weighted by Crippen LogP contribution is -2.29. The summed E-state index contributed by atoms with van der Waals surface area (Å²) in [5, 5.41) is 9.60. The molecule has 7 heteroatoms. The average molecular weight is 408 g/mol. The van der Waals surface area contributed by atoms with Crippen LogP contribution in [0.2, 0.25) is 0 Å². The van der Waals surface area contributed by atoms with Crippen LogP contribution in [0.15, 0.2) is 59.0 Å². The number of imide groups is 1. The molecule has 0 atom stereocenters. The van der Waals surface area contributed by atoms with Gasteiger partial charge in [0.05, 0.1) is 27.7 Å². The van der Waals surface area contributed by atoms with Gasteiger partial charge in [0, 0.05) is 18.2 Å². The fourth-order valence-electron chi connectivity index (χ4n) is 3.69. The van der Waals surface area contributed by atoms with Crippen molar-refractivity contribution in [2.24, 2.45) is 0 Å². The predicted molar refractivity (Wildman–Crippen MR) is 115 cm³/mol. The smallest absolute Gasteiger partial charge is 0.261 e. The Labute approximate surface area is 177 Å². The number of rotatable bonds is 4. The first kappa shape index (κ1) is 18.6. The molecule has 4 aromatic rings. The molecular weight excluding hydrogens is 392 g/mol. The zero-order valence-electron chi connectivity index (χ0n) is 16.5. The van der Waals surface area contributed by atoms with Gasteiger partial charge in [-0.05, 0) is 43.3 Å². The van der Waals surface area contributed by atoms with Crippen molar-refractivity contribution in [2.45, 2.75) is 6.92 Å². The van der Waals surface area contributed by atoms with E-state index in [-0.39, 0.29) is 11.8 Å². The molecule has 0 unspecified atom stereocenters. The fourth-order valence-corrected chi connectivity index (χ4v) is 3.69. The molecule has 0 fully saturated rings. The van der Waals surface area contributed by atoms with E-state index in [1.54, 1.807) is 43.3 Å². The van der Waals surface area contributed by atoms with E-state index in [1.165, 1.54) is 4.90 Å². The number of carbonyl (C=O) groups is 2. The van der Waals surface area contributed by atoms with Crippen molar-refractivity contribution >= 4 is 34.5 Å². The van der Waals surface area contributed by atoms with Gasteiger partial charge in [-0.15, -0.1) is 0 Å². The Kier molecular flexibility index (Phi) is 4.26. The Morgan fingerprint density at radius 2 is 1.94 bits per heavy atom. The van der Waals surface area contributed by atoms with Crippen molar-refractivity contribution in [3.63, 3.8) is 0 Å². The number of amides is 2. The molecule has 5 rings (SSSR count). The minimum absolute atomic E-state index is 0.276. The molecule has 0 saturated carbocycles. The molecule has 1 aliphatic rings. The van der Waals surface area contributed by atoms with Crippen LogP contribution in [-0.2, 0) is 0 Å². The van der Waals surface area contributed by atoms with Gasteiger partial charge in [0.2, 0.25) is 0 Å². The van der Waals surface area contributed by atoms with Crippen LogP contribution >= 0.6 is 0 Å². The number of aromatic amines is 1. The third kappa shape index (κ3) is 3.02. The summed E-state index contributed by atoms with van der Waals surface area (Å²) in [6.07, 6.45) is 1.61. The number of H-pyrrole nitrogens is 1. The van der Waals surface area contributed by atoms with E-state index < -0.39 is 0 Å². The molecule has 0 bridgehead atoms. The van der Waals surface area contributed by atoms with Crippen molar-refractivity contribution < 1.29 is 14.0 Å². The molecule has 0 saturated heterocycles. The number of aromatic nitrogens is 2.